The summed E-state index contributed by atoms with van der Waals surface area (Å²) in [4.78, 5) is 23.5. The van der Waals surface area contributed by atoms with Gasteiger partial charge >= 0.3 is 5.97 Å². The van der Waals surface area contributed by atoms with E-state index in [4.69, 9.17) is 10.8 Å². The third-order valence-corrected chi connectivity index (χ3v) is 4.48. The van der Waals surface area contributed by atoms with Crippen molar-refractivity contribution in [2.75, 3.05) is 5.32 Å². The molecule has 0 aliphatic heterocycles. The molecule has 6 nitrogen and oxygen atoms in total. The molecular weight excluding hydrogens is 278 g/mol. The number of hydrogen-bond acceptors (Lipinski definition) is 5. The van der Waals surface area contributed by atoms with E-state index in [-0.39, 0.29) is 12.8 Å². The fourth-order valence-corrected chi connectivity index (χ4v) is 3.47. The van der Waals surface area contributed by atoms with Gasteiger partial charge in [0.05, 0.1) is 11.6 Å². The molecule has 0 radical (unpaired) electrons. The van der Waals surface area contributed by atoms with E-state index in [0.29, 0.717) is 10.6 Å². The number of hydrogen-bond donors (Lipinski definition) is 3. The summed E-state index contributed by atoms with van der Waals surface area (Å²) in [5, 5.41) is 21.0. The first-order valence-corrected chi connectivity index (χ1v) is 7.17. The van der Waals surface area contributed by atoms with Gasteiger partial charge in [0, 0.05) is 11.3 Å². The first-order chi connectivity index (χ1) is 9.52. The van der Waals surface area contributed by atoms with E-state index >= 15 is 0 Å². The molecule has 0 spiro atoms. The Balaban J connectivity index is 2.05. The SMILES string of the molecule is N#Cc1c(NC(=O)C(N)CCC(=O)O)sc2c1CCC2. The third kappa shape index (κ3) is 2.98. The number of aliphatic carboxylic acids is 1. The predicted molar refractivity (Wildman–Crippen MR) is 74.5 cm³/mol. The van der Waals surface area contributed by atoms with Gasteiger partial charge in [-0.05, 0) is 31.2 Å². The Morgan fingerprint density at radius 3 is 2.90 bits per heavy atom. The molecular formula is C13H15N3O3S. The van der Waals surface area contributed by atoms with E-state index in [1.165, 1.54) is 11.3 Å². The second-order valence-corrected chi connectivity index (χ2v) is 5.81. The number of amides is 1. The van der Waals surface area contributed by atoms with E-state index in [2.05, 4.69) is 11.4 Å². The summed E-state index contributed by atoms with van der Waals surface area (Å²) in [7, 11) is 0. The van der Waals surface area contributed by atoms with Gasteiger partial charge in [-0.3, -0.25) is 9.59 Å². The van der Waals surface area contributed by atoms with Crippen LogP contribution in [0, 0.1) is 11.3 Å². The lowest BCUT2D eigenvalue weighted by molar-refractivity contribution is -0.137. The zero-order chi connectivity index (χ0) is 14.7. The highest BCUT2D eigenvalue weighted by atomic mass is 32.1. The van der Waals surface area contributed by atoms with E-state index in [0.717, 1.165) is 29.7 Å². The minimum Gasteiger partial charge on any atom is -0.481 e. The Labute approximate surface area is 120 Å². The molecule has 0 saturated carbocycles. The molecule has 1 aliphatic carbocycles. The summed E-state index contributed by atoms with van der Waals surface area (Å²) >= 11 is 1.42. The standard InChI is InChI=1S/C13H15N3O3S/c14-6-8-7-2-1-3-10(7)20-13(8)16-12(19)9(15)4-5-11(17)18/h9H,1-5,15H2,(H,16,19)(H,17,18). The molecule has 1 aliphatic rings. The van der Waals surface area contributed by atoms with Crippen molar-refractivity contribution in [1.82, 2.24) is 0 Å². The van der Waals surface area contributed by atoms with Gasteiger partial charge in [0.25, 0.3) is 0 Å². The second-order valence-electron chi connectivity index (χ2n) is 4.70. The number of fused-ring (bicyclic) bond motifs is 1. The fourth-order valence-electron chi connectivity index (χ4n) is 2.23. The number of nitriles is 1. The number of nitrogens with two attached hydrogens (primary N) is 1. The van der Waals surface area contributed by atoms with Gasteiger partial charge in [0.1, 0.15) is 11.1 Å². The Morgan fingerprint density at radius 1 is 1.50 bits per heavy atom. The van der Waals surface area contributed by atoms with Gasteiger partial charge in [-0.2, -0.15) is 5.26 Å². The van der Waals surface area contributed by atoms with Gasteiger partial charge < -0.3 is 16.2 Å². The molecule has 7 heteroatoms. The molecule has 106 valence electrons. The lowest BCUT2D eigenvalue weighted by Gasteiger charge is -2.10. The van der Waals surface area contributed by atoms with Gasteiger partial charge in [-0.15, -0.1) is 11.3 Å². The van der Waals surface area contributed by atoms with Crippen molar-refractivity contribution in [3.05, 3.63) is 16.0 Å². The summed E-state index contributed by atoms with van der Waals surface area (Å²) < 4.78 is 0. The first kappa shape index (κ1) is 14.5. The number of thiophene rings is 1. The number of aryl methyl sites for hydroxylation is 1. The predicted octanol–water partition coefficient (Wildman–Crippen LogP) is 1.24. The van der Waals surface area contributed by atoms with E-state index < -0.39 is 17.9 Å². The molecule has 1 heterocycles. The Hall–Kier alpha value is -1.91. The van der Waals surface area contributed by atoms with Crippen LogP contribution in [0.25, 0.3) is 0 Å². The van der Waals surface area contributed by atoms with Crippen LogP contribution in [-0.4, -0.2) is 23.0 Å². The van der Waals surface area contributed by atoms with Crippen molar-refractivity contribution in [2.45, 2.75) is 38.1 Å². The van der Waals surface area contributed by atoms with Crippen LogP contribution in [0.1, 0.15) is 35.3 Å². The summed E-state index contributed by atoms with van der Waals surface area (Å²) in [6, 6.07) is 1.25. The lowest BCUT2D eigenvalue weighted by Crippen LogP contribution is -2.36. The Kier molecular flexibility index (Phi) is 4.37. The van der Waals surface area contributed by atoms with Crippen molar-refractivity contribution in [1.29, 1.82) is 5.26 Å². The first-order valence-electron chi connectivity index (χ1n) is 6.35. The summed E-state index contributed by atoms with van der Waals surface area (Å²) in [5.74, 6) is -1.43. The molecule has 0 fully saturated rings. The van der Waals surface area contributed by atoms with Crippen molar-refractivity contribution in [2.24, 2.45) is 5.73 Å². The molecule has 4 N–H and O–H groups in total. The average Bonchev–Trinajstić information content (AvgIpc) is 2.95. The number of anilines is 1. The molecule has 1 amide bonds. The highest BCUT2D eigenvalue weighted by molar-refractivity contribution is 7.16. The summed E-state index contributed by atoms with van der Waals surface area (Å²) in [6.07, 6.45) is 2.78. The van der Waals surface area contributed by atoms with Crippen LogP contribution in [0.5, 0.6) is 0 Å². The lowest BCUT2D eigenvalue weighted by atomic mass is 10.1. The summed E-state index contributed by atoms with van der Waals surface area (Å²) in [5.41, 5.74) is 7.21. The van der Waals surface area contributed by atoms with E-state index in [1.54, 1.807) is 0 Å². The topological polar surface area (TPSA) is 116 Å². The van der Waals surface area contributed by atoms with E-state index in [9.17, 15) is 14.9 Å². The van der Waals surface area contributed by atoms with Crippen molar-refractivity contribution in [3.8, 4) is 6.07 Å². The Bertz CT molecular complexity index is 588. The molecule has 20 heavy (non-hydrogen) atoms. The van der Waals surface area contributed by atoms with Crippen LogP contribution in [0.15, 0.2) is 0 Å². The van der Waals surface area contributed by atoms with Gasteiger partial charge in [-0.1, -0.05) is 0 Å². The minimum absolute atomic E-state index is 0.0775. The zero-order valence-electron chi connectivity index (χ0n) is 10.8. The number of nitrogens with one attached hydrogen (secondary N) is 1. The summed E-state index contributed by atoms with van der Waals surface area (Å²) in [6.45, 7) is 0. The smallest absolute Gasteiger partial charge is 0.303 e. The number of nitrogens with zero attached hydrogens (tertiary/aromatic N) is 1. The number of carboxylic acids is 1. The minimum atomic E-state index is -0.985. The number of rotatable bonds is 5. The third-order valence-electron chi connectivity index (χ3n) is 3.28. The van der Waals surface area contributed by atoms with Crippen LogP contribution < -0.4 is 11.1 Å². The van der Waals surface area contributed by atoms with Crippen LogP contribution in [0.4, 0.5) is 5.00 Å². The van der Waals surface area contributed by atoms with Crippen molar-refractivity contribution in [3.63, 3.8) is 0 Å². The van der Waals surface area contributed by atoms with Gasteiger partial charge in [0.15, 0.2) is 0 Å². The maximum absolute atomic E-state index is 11.9. The molecule has 0 bridgehead atoms. The maximum atomic E-state index is 11.9. The second kappa shape index (κ2) is 6.03. The number of carbonyl (C=O) groups excluding carboxylic acids is 1. The maximum Gasteiger partial charge on any atom is 0.303 e. The highest BCUT2D eigenvalue weighted by Gasteiger charge is 2.24. The molecule has 1 aromatic rings. The molecule has 0 aromatic carbocycles. The van der Waals surface area contributed by atoms with Crippen LogP contribution in [0.2, 0.25) is 0 Å². The van der Waals surface area contributed by atoms with Crippen molar-refractivity contribution >= 4 is 28.2 Å². The number of carbonyl (C=O) groups is 2. The average molecular weight is 293 g/mol. The van der Waals surface area contributed by atoms with Crippen molar-refractivity contribution < 1.29 is 14.7 Å². The molecule has 1 unspecified atom stereocenters. The zero-order valence-corrected chi connectivity index (χ0v) is 11.6. The van der Waals surface area contributed by atoms with Gasteiger partial charge in [-0.25, -0.2) is 0 Å². The van der Waals surface area contributed by atoms with Crippen LogP contribution >= 0.6 is 11.3 Å². The van der Waals surface area contributed by atoms with E-state index in [1.807, 2.05) is 0 Å². The van der Waals surface area contributed by atoms with Gasteiger partial charge in [0.2, 0.25) is 5.91 Å². The quantitative estimate of drug-likeness (QED) is 0.755. The molecule has 1 aromatic heterocycles. The molecule has 1 atom stereocenters. The Morgan fingerprint density at radius 2 is 2.25 bits per heavy atom. The number of carboxylic acid groups (broad SMARTS) is 1. The van der Waals surface area contributed by atoms with Crippen LogP contribution in [-0.2, 0) is 22.4 Å². The fraction of sp³-hybridized carbons (Fsp3) is 0.462. The molecule has 0 saturated heterocycles. The monoisotopic (exact) mass is 293 g/mol. The largest absolute Gasteiger partial charge is 0.481 e. The van der Waals surface area contributed by atoms with Crippen LogP contribution in [0.3, 0.4) is 0 Å². The molecule has 2 rings (SSSR count). The normalized spacial score (nSPS) is 14.4. The highest BCUT2D eigenvalue weighted by Crippen LogP contribution is 2.38.